The molecular weight excluding hydrogens is 266 g/mol. The zero-order valence-electron chi connectivity index (χ0n) is 11.2. The zero-order valence-corrected chi connectivity index (χ0v) is 11.9. The molecule has 1 saturated heterocycles. The van der Waals surface area contributed by atoms with Crippen LogP contribution >= 0.6 is 11.6 Å². The van der Waals surface area contributed by atoms with Crippen molar-refractivity contribution in [3.05, 3.63) is 22.7 Å². The summed E-state index contributed by atoms with van der Waals surface area (Å²) < 4.78 is 10.5. The number of rotatable bonds is 3. The summed E-state index contributed by atoms with van der Waals surface area (Å²) in [5, 5.41) is 3.55. The van der Waals surface area contributed by atoms with E-state index in [1.54, 1.807) is 13.2 Å². The molecule has 0 radical (unpaired) electrons. The van der Waals surface area contributed by atoms with Crippen LogP contribution in [-0.2, 0) is 9.53 Å². The van der Waals surface area contributed by atoms with E-state index in [1.165, 1.54) is 0 Å². The summed E-state index contributed by atoms with van der Waals surface area (Å²) in [6.45, 7) is 3.19. The third-order valence-corrected chi connectivity index (χ3v) is 3.74. The van der Waals surface area contributed by atoms with Gasteiger partial charge in [-0.3, -0.25) is 4.79 Å². The second kappa shape index (κ2) is 6.26. The first-order valence-electron chi connectivity index (χ1n) is 6.34. The molecule has 1 aliphatic heterocycles. The van der Waals surface area contributed by atoms with E-state index >= 15 is 0 Å². The van der Waals surface area contributed by atoms with Crippen LogP contribution in [-0.4, -0.2) is 26.2 Å². The molecule has 104 valence electrons. The molecule has 1 N–H and O–H groups in total. The molecule has 1 fully saturated rings. The lowest BCUT2D eigenvalue weighted by atomic mass is 9.99. The molecule has 0 bridgehead atoms. The Kier molecular flexibility index (Phi) is 4.66. The SMILES string of the molecule is COc1cc(Cl)c(C)cc1NC(=O)C1CCOCC1. The average molecular weight is 284 g/mol. The van der Waals surface area contributed by atoms with E-state index < -0.39 is 0 Å². The van der Waals surface area contributed by atoms with Gasteiger partial charge in [-0.05, 0) is 31.4 Å². The molecular formula is C14H18ClNO3. The summed E-state index contributed by atoms with van der Waals surface area (Å²) in [5.41, 5.74) is 1.57. The van der Waals surface area contributed by atoms with E-state index in [9.17, 15) is 4.79 Å². The molecule has 0 aromatic heterocycles. The van der Waals surface area contributed by atoms with E-state index in [-0.39, 0.29) is 11.8 Å². The Morgan fingerprint density at radius 2 is 2.11 bits per heavy atom. The number of benzene rings is 1. The molecule has 1 heterocycles. The molecule has 0 saturated carbocycles. The van der Waals surface area contributed by atoms with Crippen molar-refractivity contribution in [1.29, 1.82) is 0 Å². The number of methoxy groups -OCH3 is 1. The minimum absolute atomic E-state index is 0.00874. The minimum atomic E-state index is 0.00874. The second-order valence-corrected chi connectivity index (χ2v) is 5.08. The van der Waals surface area contributed by atoms with Gasteiger partial charge in [0, 0.05) is 30.2 Å². The number of hydrogen-bond donors (Lipinski definition) is 1. The average Bonchev–Trinajstić information content (AvgIpc) is 2.43. The van der Waals surface area contributed by atoms with Crippen molar-refractivity contribution >= 4 is 23.2 Å². The molecule has 1 aromatic carbocycles. The van der Waals surface area contributed by atoms with Gasteiger partial charge in [-0.15, -0.1) is 0 Å². The van der Waals surface area contributed by atoms with Gasteiger partial charge in [-0.2, -0.15) is 0 Å². The fraction of sp³-hybridized carbons (Fsp3) is 0.500. The largest absolute Gasteiger partial charge is 0.495 e. The number of hydrogen-bond acceptors (Lipinski definition) is 3. The first-order valence-corrected chi connectivity index (χ1v) is 6.72. The summed E-state index contributed by atoms with van der Waals surface area (Å²) in [6, 6.07) is 3.55. The summed E-state index contributed by atoms with van der Waals surface area (Å²) in [6.07, 6.45) is 1.53. The molecule has 5 heteroatoms. The van der Waals surface area contributed by atoms with Gasteiger partial charge in [-0.1, -0.05) is 11.6 Å². The van der Waals surface area contributed by atoms with Crippen LogP contribution in [0.25, 0.3) is 0 Å². The van der Waals surface area contributed by atoms with E-state index in [4.69, 9.17) is 21.1 Å². The van der Waals surface area contributed by atoms with Crippen LogP contribution < -0.4 is 10.1 Å². The van der Waals surface area contributed by atoms with Crippen molar-refractivity contribution in [2.45, 2.75) is 19.8 Å². The molecule has 1 aromatic rings. The number of aryl methyl sites for hydroxylation is 1. The number of carbonyl (C=O) groups excluding carboxylic acids is 1. The van der Waals surface area contributed by atoms with Crippen LogP contribution in [0.3, 0.4) is 0 Å². The Bertz CT molecular complexity index is 470. The van der Waals surface area contributed by atoms with Crippen LogP contribution in [0.2, 0.25) is 5.02 Å². The first-order chi connectivity index (χ1) is 9.11. The summed E-state index contributed by atoms with van der Waals surface area (Å²) >= 11 is 6.04. The van der Waals surface area contributed by atoms with E-state index in [0.717, 1.165) is 18.4 Å². The van der Waals surface area contributed by atoms with Crippen LogP contribution in [0.15, 0.2) is 12.1 Å². The normalized spacial score (nSPS) is 16.2. The maximum absolute atomic E-state index is 12.2. The van der Waals surface area contributed by atoms with Gasteiger partial charge < -0.3 is 14.8 Å². The topological polar surface area (TPSA) is 47.6 Å². The quantitative estimate of drug-likeness (QED) is 0.927. The standard InChI is InChI=1S/C14H18ClNO3/c1-9-7-12(13(18-2)8-11(9)15)16-14(17)10-3-5-19-6-4-10/h7-8,10H,3-6H2,1-2H3,(H,16,17). The lowest BCUT2D eigenvalue weighted by Crippen LogP contribution is -2.28. The highest BCUT2D eigenvalue weighted by atomic mass is 35.5. The summed E-state index contributed by atoms with van der Waals surface area (Å²) in [5.74, 6) is 0.605. The number of amides is 1. The molecule has 0 aliphatic carbocycles. The van der Waals surface area contributed by atoms with E-state index in [0.29, 0.717) is 29.7 Å². The molecule has 1 amide bonds. The highest BCUT2D eigenvalue weighted by Gasteiger charge is 2.22. The van der Waals surface area contributed by atoms with E-state index in [1.807, 2.05) is 13.0 Å². The molecule has 0 spiro atoms. The molecule has 4 nitrogen and oxygen atoms in total. The van der Waals surface area contributed by atoms with Crippen molar-refractivity contribution in [3.63, 3.8) is 0 Å². The lowest BCUT2D eigenvalue weighted by molar-refractivity contribution is -0.122. The molecule has 0 atom stereocenters. The number of carbonyl (C=O) groups is 1. The zero-order chi connectivity index (χ0) is 13.8. The Labute approximate surface area is 118 Å². The van der Waals surface area contributed by atoms with Crippen molar-refractivity contribution in [2.75, 3.05) is 25.6 Å². The van der Waals surface area contributed by atoms with Crippen molar-refractivity contribution < 1.29 is 14.3 Å². The second-order valence-electron chi connectivity index (χ2n) is 4.68. The highest BCUT2D eigenvalue weighted by molar-refractivity contribution is 6.31. The van der Waals surface area contributed by atoms with Crippen LogP contribution in [0.1, 0.15) is 18.4 Å². The monoisotopic (exact) mass is 283 g/mol. The lowest BCUT2D eigenvalue weighted by Gasteiger charge is -2.22. The Hall–Kier alpha value is -1.26. The smallest absolute Gasteiger partial charge is 0.227 e. The predicted octanol–water partition coefficient (Wildman–Crippen LogP) is 3.02. The summed E-state index contributed by atoms with van der Waals surface area (Å²) in [7, 11) is 1.56. The number of nitrogens with one attached hydrogen (secondary N) is 1. The fourth-order valence-corrected chi connectivity index (χ4v) is 2.28. The maximum atomic E-state index is 12.2. The third-order valence-electron chi connectivity index (χ3n) is 3.33. The fourth-order valence-electron chi connectivity index (χ4n) is 2.12. The van der Waals surface area contributed by atoms with Crippen molar-refractivity contribution in [2.24, 2.45) is 5.92 Å². The van der Waals surface area contributed by atoms with E-state index in [2.05, 4.69) is 5.32 Å². The number of ether oxygens (including phenoxy) is 2. The molecule has 19 heavy (non-hydrogen) atoms. The molecule has 1 aliphatic rings. The van der Waals surface area contributed by atoms with Crippen molar-refractivity contribution in [1.82, 2.24) is 0 Å². The van der Waals surface area contributed by atoms with Gasteiger partial charge in [0.1, 0.15) is 5.75 Å². The Morgan fingerprint density at radius 1 is 1.42 bits per heavy atom. The summed E-state index contributed by atoms with van der Waals surface area (Å²) in [4.78, 5) is 12.2. The third kappa shape index (κ3) is 3.39. The van der Waals surface area contributed by atoms with Gasteiger partial charge in [0.25, 0.3) is 0 Å². The predicted molar refractivity (Wildman–Crippen MR) is 74.9 cm³/mol. The van der Waals surface area contributed by atoms with Crippen LogP contribution in [0.4, 0.5) is 5.69 Å². The van der Waals surface area contributed by atoms with Crippen LogP contribution in [0, 0.1) is 12.8 Å². The van der Waals surface area contributed by atoms with Gasteiger partial charge in [0.05, 0.1) is 12.8 Å². The van der Waals surface area contributed by atoms with Crippen molar-refractivity contribution in [3.8, 4) is 5.75 Å². The molecule has 0 unspecified atom stereocenters. The molecule has 2 rings (SSSR count). The Balaban J connectivity index is 2.13. The maximum Gasteiger partial charge on any atom is 0.227 e. The van der Waals surface area contributed by atoms with Gasteiger partial charge in [0.15, 0.2) is 0 Å². The highest BCUT2D eigenvalue weighted by Crippen LogP contribution is 2.31. The van der Waals surface area contributed by atoms with Gasteiger partial charge in [-0.25, -0.2) is 0 Å². The van der Waals surface area contributed by atoms with Gasteiger partial charge in [0.2, 0.25) is 5.91 Å². The van der Waals surface area contributed by atoms with Crippen LogP contribution in [0.5, 0.6) is 5.75 Å². The number of anilines is 1. The first kappa shape index (κ1) is 14.2. The number of halogens is 1. The van der Waals surface area contributed by atoms with Gasteiger partial charge >= 0.3 is 0 Å². The Morgan fingerprint density at radius 3 is 2.74 bits per heavy atom. The minimum Gasteiger partial charge on any atom is -0.495 e.